The maximum absolute atomic E-state index is 4.17. The summed E-state index contributed by atoms with van der Waals surface area (Å²) in [7, 11) is 0. The van der Waals surface area contributed by atoms with Crippen LogP contribution < -0.4 is 0 Å². The van der Waals surface area contributed by atoms with Crippen LogP contribution in [0.1, 0.15) is 26.3 Å². The zero-order valence-electron chi connectivity index (χ0n) is 8.33. The molecule has 0 aliphatic carbocycles. The van der Waals surface area contributed by atoms with Crippen LogP contribution >= 0.6 is 0 Å². The molecule has 3 nitrogen and oxygen atoms in total. The van der Waals surface area contributed by atoms with Gasteiger partial charge in [0.25, 0.3) is 0 Å². The van der Waals surface area contributed by atoms with Crippen LogP contribution in [-0.2, 0) is 6.42 Å². The van der Waals surface area contributed by atoms with E-state index in [0.717, 1.165) is 17.5 Å². The maximum Gasteiger partial charge on any atom is 0.116 e. The highest BCUT2D eigenvalue weighted by Gasteiger charge is 2.00. The quantitative estimate of drug-likeness (QED) is 0.727. The van der Waals surface area contributed by atoms with Crippen LogP contribution in [-0.4, -0.2) is 15.0 Å². The first-order valence-corrected chi connectivity index (χ1v) is 4.67. The molecule has 2 aromatic rings. The molecule has 0 bridgehead atoms. The number of fused-ring (bicyclic) bond motifs is 1. The molecular formula is C10H15N3. The Morgan fingerprint density at radius 3 is 2.85 bits per heavy atom. The fourth-order valence-electron chi connectivity index (χ4n) is 1.19. The molecule has 2 aromatic heterocycles. The summed E-state index contributed by atoms with van der Waals surface area (Å²) in [6, 6.07) is 0. The van der Waals surface area contributed by atoms with E-state index in [1.165, 1.54) is 5.56 Å². The van der Waals surface area contributed by atoms with Crippen molar-refractivity contribution in [2.75, 3.05) is 0 Å². The molecule has 0 unspecified atom stereocenters. The molecular weight excluding hydrogens is 162 g/mol. The Bertz CT molecular complexity index is 365. The summed E-state index contributed by atoms with van der Waals surface area (Å²) < 4.78 is 0. The molecule has 0 aromatic carbocycles. The number of hydrogen-bond donors (Lipinski definition) is 1. The van der Waals surface area contributed by atoms with Crippen molar-refractivity contribution in [2.24, 2.45) is 0 Å². The van der Waals surface area contributed by atoms with Gasteiger partial charge in [-0.25, -0.2) is 9.97 Å². The van der Waals surface area contributed by atoms with Crippen molar-refractivity contribution < 1.29 is 0 Å². The van der Waals surface area contributed by atoms with E-state index in [-0.39, 0.29) is 0 Å². The number of nitrogens with one attached hydrogen (secondary N) is 1. The molecule has 0 saturated carbocycles. The van der Waals surface area contributed by atoms with E-state index >= 15 is 0 Å². The van der Waals surface area contributed by atoms with Gasteiger partial charge in [-0.05, 0) is 12.0 Å². The van der Waals surface area contributed by atoms with Crippen molar-refractivity contribution in [3.05, 3.63) is 24.3 Å². The summed E-state index contributed by atoms with van der Waals surface area (Å²) in [6.07, 6.45) is 6.37. The highest BCUT2D eigenvalue weighted by Crippen LogP contribution is 2.13. The van der Waals surface area contributed by atoms with E-state index in [4.69, 9.17) is 0 Å². The average molecular weight is 177 g/mol. The van der Waals surface area contributed by atoms with E-state index in [1.54, 1.807) is 12.5 Å². The van der Waals surface area contributed by atoms with Crippen LogP contribution in [0.25, 0.3) is 11.0 Å². The summed E-state index contributed by atoms with van der Waals surface area (Å²) in [4.78, 5) is 11.2. The van der Waals surface area contributed by atoms with E-state index in [1.807, 2.05) is 20.0 Å². The van der Waals surface area contributed by atoms with E-state index in [0.29, 0.717) is 0 Å². The molecule has 0 atom stereocenters. The zero-order chi connectivity index (χ0) is 9.68. The van der Waals surface area contributed by atoms with Crippen LogP contribution in [0.15, 0.2) is 18.7 Å². The monoisotopic (exact) mass is 177 g/mol. The molecule has 3 heteroatoms. The lowest BCUT2D eigenvalue weighted by Crippen LogP contribution is -1.80. The summed E-state index contributed by atoms with van der Waals surface area (Å²) in [5, 5.41) is 0. The fourth-order valence-corrected chi connectivity index (χ4v) is 1.19. The van der Waals surface area contributed by atoms with Crippen molar-refractivity contribution in [3.8, 4) is 0 Å². The van der Waals surface area contributed by atoms with Crippen molar-refractivity contribution in [2.45, 2.75) is 27.2 Å². The molecule has 70 valence electrons. The molecule has 0 saturated heterocycles. The molecule has 0 aliphatic heterocycles. The van der Waals surface area contributed by atoms with E-state index in [9.17, 15) is 0 Å². The first-order chi connectivity index (χ1) is 6.42. The van der Waals surface area contributed by atoms with Gasteiger partial charge in [0.1, 0.15) is 6.33 Å². The minimum absolute atomic E-state index is 1.01. The third kappa shape index (κ3) is 1.86. The first-order valence-electron chi connectivity index (χ1n) is 4.67. The number of nitrogens with zero attached hydrogens (tertiary/aromatic N) is 2. The van der Waals surface area contributed by atoms with Gasteiger partial charge in [-0.1, -0.05) is 20.8 Å². The predicted molar refractivity (Wildman–Crippen MR) is 54.6 cm³/mol. The van der Waals surface area contributed by atoms with Gasteiger partial charge >= 0.3 is 0 Å². The van der Waals surface area contributed by atoms with Crippen molar-refractivity contribution in [1.29, 1.82) is 0 Å². The Balaban J connectivity index is 0.000000396. The first kappa shape index (κ1) is 9.71. The zero-order valence-corrected chi connectivity index (χ0v) is 8.33. The molecule has 0 aliphatic rings. The van der Waals surface area contributed by atoms with Gasteiger partial charge in [0.15, 0.2) is 0 Å². The number of H-pyrrole nitrogens is 1. The lowest BCUT2D eigenvalue weighted by Gasteiger charge is -1.89. The van der Waals surface area contributed by atoms with Crippen LogP contribution in [0.4, 0.5) is 0 Å². The third-order valence-corrected chi connectivity index (χ3v) is 1.80. The molecule has 2 heterocycles. The molecule has 0 spiro atoms. The number of rotatable bonds is 1. The van der Waals surface area contributed by atoms with E-state index < -0.39 is 0 Å². The van der Waals surface area contributed by atoms with Crippen LogP contribution in [0.2, 0.25) is 0 Å². The number of aromatic nitrogens is 3. The molecule has 0 amide bonds. The molecule has 0 fully saturated rings. The van der Waals surface area contributed by atoms with Gasteiger partial charge in [0.05, 0.1) is 17.2 Å². The van der Waals surface area contributed by atoms with Gasteiger partial charge < -0.3 is 4.98 Å². The fraction of sp³-hybridized carbons (Fsp3) is 0.400. The average Bonchev–Trinajstić information content (AvgIpc) is 2.64. The minimum atomic E-state index is 1.01. The molecule has 13 heavy (non-hydrogen) atoms. The second-order valence-electron chi connectivity index (χ2n) is 2.45. The Hall–Kier alpha value is -1.38. The van der Waals surface area contributed by atoms with E-state index in [2.05, 4.69) is 21.9 Å². The molecule has 1 N–H and O–H groups in total. The highest BCUT2D eigenvalue weighted by molar-refractivity contribution is 5.77. The number of aromatic amines is 1. The van der Waals surface area contributed by atoms with Gasteiger partial charge in [-0.3, -0.25) is 0 Å². The normalized spacial score (nSPS) is 9.46. The van der Waals surface area contributed by atoms with Crippen LogP contribution in [0.3, 0.4) is 0 Å². The minimum Gasteiger partial charge on any atom is -0.358 e. The number of aryl methyl sites for hydroxylation is 1. The van der Waals surface area contributed by atoms with Gasteiger partial charge in [0.2, 0.25) is 0 Å². The maximum atomic E-state index is 4.17. The Morgan fingerprint density at radius 1 is 1.38 bits per heavy atom. The van der Waals surface area contributed by atoms with Crippen molar-refractivity contribution in [3.63, 3.8) is 0 Å². The lowest BCUT2D eigenvalue weighted by molar-refractivity contribution is 1.14. The van der Waals surface area contributed by atoms with Crippen molar-refractivity contribution >= 4 is 11.0 Å². The number of hydrogen-bond acceptors (Lipinski definition) is 2. The van der Waals surface area contributed by atoms with Crippen LogP contribution in [0.5, 0.6) is 0 Å². The highest BCUT2D eigenvalue weighted by atomic mass is 14.9. The lowest BCUT2D eigenvalue weighted by atomic mass is 10.2. The summed E-state index contributed by atoms with van der Waals surface area (Å²) in [5.74, 6) is 0. The Labute approximate surface area is 78.2 Å². The molecule has 0 radical (unpaired) electrons. The van der Waals surface area contributed by atoms with Gasteiger partial charge in [-0.15, -0.1) is 0 Å². The SMILES string of the molecule is CC.CCc1c[nH]c2cncnc12. The van der Waals surface area contributed by atoms with Gasteiger partial charge in [-0.2, -0.15) is 0 Å². The Morgan fingerprint density at radius 2 is 2.15 bits per heavy atom. The summed E-state index contributed by atoms with van der Waals surface area (Å²) in [5.41, 5.74) is 3.31. The Kier molecular flexibility index (Phi) is 3.43. The van der Waals surface area contributed by atoms with Crippen molar-refractivity contribution in [1.82, 2.24) is 15.0 Å². The summed E-state index contributed by atoms with van der Waals surface area (Å²) >= 11 is 0. The molecule has 2 rings (SSSR count). The third-order valence-electron chi connectivity index (χ3n) is 1.80. The summed E-state index contributed by atoms with van der Waals surface area (Å²) in [6.45, 7) is 6.12. The smallest absolute Gasteiger partial charge is 0.116 e. The standard InChI is InChI=1S/C8H9N3.C2H6/c1-2-6-3-10-7-4-9-5-11-8(6)7;1-2/h3-5,10H,2H2,1H3;1-2H3. The second-order valence-corrected chi connectivity index (χ2v) is 2.45. The van der Waals surface area contributed by atoms with Crippen LogP contribution in [0, 0.1) is 0 Å². The topological polar surface area (TPSA) is 41.6 Å². The predicted octanol–water partition coefficient (Wildman–Crippen LogP) is 2.55. The second kappa shape index (κ2) is 4.60. The van der Waals surface area contributed by atoms with Gasteiger partial charge in [0, 0.05) is 6.20 Å². The largest absolute Gasteiger partial charge is 0.358 e.